The van der Waals surface area contributed by atoms with Crippen LogP contribution in [0.1, 0.15) is 32.1 Å². The smallest absolute Gasteiger partial charge is 0.109 e. The largest absolute Gasteiger partial charge is 0.388 e. The minimum Gasteiger partial charge on any atom is -0.388 e. The normalized spacial score (nSPS) is 37.5. The summed E-state index contributed by atoms with van der Waals surface area (Å²) in [4.78, 5) is 0. The summed E-state index contributed by atoms with van der Waals surface area (Å²) in [6.45, 7) is 1.15. The molecule has 1 heterocycles. The highest BCUT2D eigenvalue weighted by Crippen LogP contribution is 2.49. The average molecular weight is 181 g/mol. The fourth-order valence-electron chi connectivity index (χ4n) is 2.34. The Morgan fingerprint density at radius 1 is 1.23 bits per heavy atom. The number of nitrogens with zero attached hydrogens (tertiary/aromatic N) is 1. The van der Waals surface area contributed by atoms with Crippen LogP contribution in [-0.2, 0) is 4.74 Å². The molecule has 1 aliphatic heterocycles. The van der Waals surface area contributed by atoms with E-state index in [2.05, 4.69) is 6.07 Å². The molecule has 0 radical (unpaired) electrons. The minimum absolute atomic E-state index is 0.417. The molecule has 1 atom stereocenters. The number of rotatable bonds is 1. The number of hydrogen-bond donors (Lipinski definition) is 1. The predicted octanol–water partition coefficient (Wildman–Crippen LogP) is 1.22. The lowest BCUT2D eigenvalue weighted by atomic mass is 9.60. The fraction of sp³-hybridized carbons (Fsp3) is 0.900. The first-order valence-corrected chi connectivity index (χ1v) is 4.94. The third kappa shape index (κ3) is 1.17. The van der Waals surface area contributed by atoms with Crippen LogP contribution in [0.15, 0.2) is 0 Å². The van der Waals surface area contributed by atoms with Crippen molar-refractivity contribution in [3.63, 3.8) is 0 Å². The zero-order chi connectivity index (χ0) is 9.36. The van der Waals surface area contributed by atoms with Gasteiger partial charge in [0.2, 0.25) is 0 Å². The van der Waals surface area contributed by atoms with Crippen LogP contribution in [0.25, 0.3) is 0 Å². The van der Waals surface area contributed by atoms with Gasteiger partial charge >= 0.3 is 0 Å². The van der Waals surface area contributed by atoms with E-state index in [9.17, 15) is 5.11 Å². The van der Waals surface area contributed by atoms with E-state index in [1.165, 1.54) is 0 Å². The van der Waals surface area contributed by atoms with Crippen LogP contribution in [-0.4, -0.2) is 23.9 Å². The molecule has 0 aromatic rings. The summed E-state index contributed by atoms with van der Waals surface area (Å²) in [5, 5.41) is 19.3. The Morgan fingerprint density at radius 3 is 2.38 bits per heavy atom. The molecule has 2 fully saturated rings. The molecule has 1 unspecified atom stereocenters. The predicted molar refractivity (Wildman–Crippen MR) is 46.9 cm³/mol. The fourth-order valence-corrected chi connectivity index (χ4v) is 2.34. The van der Waals surface area contributed by atoms with Crippen molar-refractivity contribution in [3.05, 3.63) is 0 Å². The van der Waals surface area contributed by atoms with Crippen molar-refractivity contribution in [2.45, 2.75) is 37.7 Å². The van der Waals surface area contributed by atoms with Gasteiger partial charge in [0.25, 0.3) is 0 Å². The molecule has 0 aromatic heterocycles. The molecule has 0 aromatic carbocycles. The maximum absolute atomic E-state index is 10.2. The molecule has 0 bridgehead atoms. The van der Waals surface area contributed by atoms with Crippen molar-refractivity contribution in [1.82, 2.24) is 0 Å². The van der Waals surface area contributed by atoms with E-state index in [0.29, 0.717) is 6.61 Å². The Hall–Kier alpha value is -0.590. The second-order valence-corrected chi connectivity index (χ2v) is 4.24. The second-order valence-electron chi connectivity index (χ2n) is 4.24. The Bertz CT molecular complexity index is 234. The van der Waals surface area contributed by atoms with Gasteiger partial charge in [-0.15, -0.1) is 0 Å². The Balaban J connectivity index is 2.18. The summed E-state index contributed by atoms with van der Waals surface area (Å²) >= 11 is 0. The van der Waals surface area contributed by atoms with E-state index in [0.717, 1.165) is 38.7 Å². The van der Waals surface area contributed by atoms with Gasteiger partial charge in [0.05, 0.1) is 18.3 Å². The van der Waals surface area contributed by atoms with Gasteiger partial charge in [0, 0.05) is 6.61 Å². The van der Waals surface area contributed by atoms with Crippen LogP contribution >= 0.6 is 0 Å². The summed E-state index contributed by atoms with van der Waals surface area (Å²) < 4.78 is 5.32. The molecule has 13 heavy (non-hydrogen) atoms. The zero-order valence-electron chi connectivity index (χ0n) is 7.75. The number of hydrogen-bond acceptors (Lipinski definition) is 3. The van der Waals surface area contributed by atoms with E-state index >= 15 is 0 Å². The van der Waals surface area contributed by atoms with Crippen molar-refractivity contribution in [1.29, 1.82) is 5.26 Å². The van der Waals surface area contributed by atoms with Crippen LogP contribution in [0.2, 0.25) is 0 Å². The highest BCUT2D eigenvalue weighted by atomic mass is 16.5. The van der Waals surface area contributed by atoms with E-state index in [4.69, 9.17) is 10.00 Å². The topological polar surface area (TPSA) is 53.2 Å². The van der Waals surface area contributed by atoms with Crippen LogP contribution < -0.4 is 0 Å². The van der Waals surface area contributed by atoms with E-state index < -0.39 is 11.0 Å². The van der Waals surface area contributed by atoms with Gasteiger partial charge in [-0.3, -0.25) is 0 Å². The summed E-state index contributed by atoms with van der Waals surface area (Å²) in [5.41, 5.74) is -1.36. The molecular weight excluding hydrogens is 166 g/mol. The van der Waals surface area contributed by atoms with Crippen LogP contribution in [0.3, 0.4) is 0 Å². The maximum Gasteiger partial charge on any atom is 0.109 e. The lowest BCUT2D eigenvalue weighted by Crippen LogP contribution is -2.56. The molecule has 72 valence electrons. The summed E-state index contributed by atoms with van der Waals surface area (Å²) in [6.07, 6.45) is 4.27. The molecule has 1 N–H and O–H groups in total. The van der Waals surface area contributed by atoms with Gasteiger partial charge in [-0.25, -0.2) is 0 Å². The molecule has 0 amide bonds. The maximum atomic E-state index is 10.2. The van der Waals surface area contributed by atoms with Crippen LogP contribution in [0.4, 0.5) is 0 Å². The first-order valence-electron chi connectivity index (χ1n) is 4.94. The third-order valence-electron chi connectivity index (χ3n) is 3.53. The SMILES string of the molecule is N#CC1(C2(O)CCC2)CCCOC1. The third-order valence-corrected chi connectivity index (χ3v) is 3.53. The number of nitriles is 1. The average Bonchev–Trinajstić information content (AvgIpc) is 2.15. The molecule has 1 saturated heterocycles. The standard InChI is InChI=1S/C10H15NO2/c11-7-9(3-2-6-13-8-9)10(12)4-1-5-10/h12H,1-6,8H2. The van der Waals surface area contributed by atoms with E-state index in [-0.39, 0.29) is 0 Å². The molecular formula is C10H15NO2. The Morgan fingerprint density at radius 2 is 2.00 bits per heavy atom. The van der Waals surface area contributed by atoms with Gasteiger partial charge in [-0.1, -0.05) is 0 Å². The first kappa shape index (κ1) is 8.98. The van der Waals surface area contributed by atoms with Gasteiger partial charge < -0.3 is 9.84 Å². The summed E-state index contributed by atoms with van der Waals surface area (Å²) in [5.74, 6) is 0. The molecule has 2 rings (SSSR count). The lowest BCUT2D eigenvalue weighted by molar-refractivity contribution is -0.159. The van der Waals surface area contributed by atoms with Gasteiger partial charge in [0.1, 0.15) is 5.41 Å². The Labute approximate surface area is 78.3 Å². The van der Waals surface area contributed by atoms with Crippen molar-refractivity contribution in [2.75, 3.05) is 13.2 Å². The van der Waals surface area contributed by atoms with Crippen LogP contribution in [0.5, 0.6) is 0 Å². The first-order chi connectivity index (χ1) is 6.22. The lowest BCUT2D eigenvalue weighted by Gasteiger charge is -2.49. The highest BCUT2D eigenvalue weighted by molar-refractivity contribution is 5.15. The highest BCUT2D eigenvalue weighted by Gasteiger charge is 2.55. The minimum atomic E-state index is -0.748. The van der Waals surface area contributed by atoms with Crippen molar-refractivity contribution in [2.24, 2.45) is 5.41 Å². The van der Waals surface area contributed by atoms with E-state index in [1.54, 1.807) is 0 Å². The van der Waals surface area contributed by atoms with E-state index in [1.807, 2.05) is 0 Å². The molecule has 2 aliphatic rings. The number of ether oxygens (including phenoxy) is 1. The Kier molecular flexibility index (Phi) is 2.05. The van der Waals surface area contributed by atoms with Crippen molar-refractivity contribution in [3.8, 4) is 6.07 Å². The van der Waals surface area contributed by atoms with Gasteiger partial charge in [-0.05, 0) is 32.1 Å². The summed E-state index contributed by atoms with van der Waals surface area (Å²) in [7, 11) is 0. The van der Waals surface area contributed by atoms with Gasteiger partial charge in [0.15, 0.2) is 0 Å². The van der Waals surface area contributed by atoms with Crippen molar-refractivity contribution < 1.29 is 9.84 Å². The van der Waals surface area contributed by atoms with Crippen LogP contribution in [0, 0.1) is 16.7 Å². The van der Waals surface area contributed by atoms with Crippen molar-refractivity contribution >= 4 is 0 Å². The molecule has 1 aliphatic carbocycles. The molecule has 3 heteroatoms. The summed E-state index contributed by atoms with van der Waals surface area (Å²) in [6, 6.07) is 2.28. The zero-order valence-corrected chi connectivity index (χ0v) is 7.75. The molecule has 3 nitrogen and oxygen atoms in total. The molecule has 0 spiro atoms. The monoisotopic (exact) mass is 181 g/mol. The van der Waals surface area contributed by atoms with Gasteiger partial charge in [-0.2, -0.15) is 5.26 Å². The quantitative estimate of drug-likeness (QED) is 0.661. The number of aliphatic hydroxyl groups is 1. The molecule has 1 saturated carbocycles. The second kappa shape index (κ2) is 2.97.